The third kappa shape index (κ3) is 3.35. The van der Waals surface area contributed by atoms with Crippen molar-refractivity contribution in [3.63, 3.8) is 0 Å². The van der Waals surface area contributed by atoms with E-state index in [1.54, 1.807) is 18.7 Å². The molecule has 0 bridgehead atoms. The minimum atomic E-state index is -2.97. The molecule has 1 aliphatic rings. The highest BCUT2D eigenvalue weighted by Gasteiger charge is 2.34. The molecule has 0 aromatic heterocycles. The zero-order chi connectivity index (χ0) is 12.2. The normalized spacial score (nSPS) is 25.6. The maximum Gasteiger partial charge on any atom is 0.166 e. The number of nitrogens with zero attached hydrogens (tertiary/aromatic N) is 1. The van der Waals surface area contributed by atoms with Crippen LogP contribution in [-0.2, 0) is 9.84 Å². The van der Waals surface area contributed by atoms with Crippen molar-refractivity contribution in [3.05, 3.63) is 0 Å². The van der Waals surface area contributed by atoms with E-state index in [2.05, 4.69) is 11.8 Å². The number of sulfone groups is 1. The quantitative estimate of drug-likeness (QED) is 0.786. The molecule has 96 valence electrons. The summed E-state index contributed by atoms with van der Waals surface area (Å²) in [6.07, 6.45) is 0.862. The maximum atomic E-state index is 12.0. The van der Waals surface area contributed by atoms with Crippen molar-refractivity contribution in [1.29, 1.82) is 0 Å². The van der Waals surface area contributed by atoms with Crippen molar-refractivity contribution in [2.75, 3.05) is 30.3 Å². The Hall–Kier alpha value is 0.220. The molecule has 1 heterocycles. The molecule has 4 nitrogen and oxygen atoms in total. The monoisotopic (exact) mass is 266 g/mol. The molecule has 2 N–H and O–H groups in total. The molecule has 2 atom stereocenters. The summed E-state index contributed by atoms with van der Waals surface area (Å²) in [5.74, 6) is 1.94. The average Bonchev–Trinajstić information content (AvgIpc) is 2.29. The number of thioether (sulfide) groups is 1. The Labute approximate surface area is 103 Å². The van der Waals surface area contributed by atoms with Crippen LogP contribution < -0.4 is 5.73 Å². The van der Waals surface area contributed by atoms with Gasteiger partial charge in [0.1, 0.15) is 5.37 Å². The first-order chi connectivity index (χ1) is 7.53. The van der Waals surface area contributed by atoms with Crippen molar-refractivity contribution in [2.45, 2.75) is 31.7 Å². The topological polar surface area (TPSA) is 63.4 Å². The predicted octanol–water partition coefficient (Wildman–Crippen LogP) is 0.533. The Morgan fingerprint density at radius 2 is 2.25 bits per heavy atom. The van der Waals surface area contributed by atoms with Crippen LogP contribution in [0.2, 0.25) is 0 Å². The third-order valence-corrected chi connectivity index (χ3v) is 6.40. The van der Waals surface area contributed by atoms with Crippen LogP contribution in [-0.4, -0.2) is 55.1 Å². The van der Waals surface area contributed by atoms with E-state index in [9.17, 15) is 8.42 Å². The molecule has 0 amide bonds. The second kappa shape index (κ2) is 6.23. The fraction of sp³-hybridized carbons (Fsp3) is 1.00. The van der Waals surface area contributed by atoms with Gasteiger partial charge in [-0.25, -0.2) is 8.42 Å². The molecule has 0 aromatic rings. The van der Waals surface area contributed by atoms with Crippen LogP contribution >= 0.6 is 11.8 Å². The lowest BCUT2D eigenvalue weighted by Crippen LogP contribution is -2.52. The van der Waals surface area contributed by atoms with E-state index >= 15 is 0 Å². The van der Waals surface area contributed by atoms with Gasteiger partial charge < -0.3 is 5.73 Å². The first kappa shape index (κ1) is 14.3. The average molecular weight is 266 g/mol. The smallest absolute Gasteiger partial charge is 0.166 e. The zero-order valence-corrected chi connectivity index (χ0v) is 11.7. The van der Waals surface area contributed by atoms with Crippen LogP contribution in [0.3, 0.4) is 0 Å². The third-order valence-electron chi connectivity index (χ3n) is 3.09. The first-order valence-corrected chi connectivity index (χ1v) is 8.65. The number of hydrogen-bond acceptors (Lipinski definition) is 5. The number of hydrogen-bond donors (Lipinski definition) is 1. The van der Waals surface area contributed by atoms with Crippen LogP contribution in [0.1, 0.15) is 20.3 Å². The Balaban J connectivity index is 2.79. The molecular weight excluding hydrogens is 244 g/mol. The van der Waals surface area contributed by atoms with E-state index in [1.165, 1.54) is 0 Å². The van der Waals surface area contributed by atoms with Crippen molar-refractivity contribution >= 4 is 21.6 Å². The number of rotatable bonds is 5. The van der Waals surface area contributed by atoms with Gasteiger partial charge >= 0.3 is 0 Å². The first-order valence-electron chi connectivity index (χ1n) is 5.78. The van der Waals surface area contributed by atoms with Gasteiger partial charge in [0, 0.05) is 29.8 Å². The van der Waals surface area contributed by atoms with Crippen molar-refractivity contribution < 1.29 is 8.42 Å². The van der Waals surface area contributed by atoms with Crippen LogP contribution in [0.15, 0.2) is 0 Å². The van der Waals surface area contributed by atoms with Gasteiger partial charge in [0.15, 0.2) is 9.84 Å². The fourth-order valence-corrected chi connectivity index (χ4v) is 5.14. The summed E-state index contributed by atoms with van der Waals surface area (Å²) in [4.78, 5) is 2.11. The van der Waals surface area contributed by atoms with Gasteiger partial charge in [-0.05, 0) is 19.9 Å². The molecule has 2 unspecified atom stereocenters. The molecule has 1 rings (SSSR count). The summed E-state index contributed by atoms with van der Waals surface area (Å²) in [5.41, 5.74) is 5.54. The summed E-state index contributed by atoms with van der Waals surface area (Å²) >= 11 is 1.73. The Morgan fingerprint density at radius 1 is 1.56 bits per heavy atom. The summed E-state index contributed by atoms with van der Waals surface area (Å²) in [6.45, 7) is 5.26. The van der Waals surface area contributed by atoms with Gasteiger partial charge in [0.05, 0.1) is 0 Å². The highest BCUT2D eigenvalue weighted by atomic mass is 32.2. The van der Waals surface area contributed by atoms with Crippen molar-refractivity contribution in [2.24, 2.45) is 5.73 Å². The molecule has 1 saturated heterocycles. The summed E-state index contributed by atoms with van der Waals surface area (Å²) < 4.78 is 24.0. The lowest BCUT2D eigenvalue weighted by atomic mass is 10.2. The summed E-state index contributed by atoms with van der Waals surface area (Å²) in [5, 5.41) is -0.308. The molecule has 16 heavy (non-hydrogen) atoms. The van der Waals surface area contributed by atoms with Gasteiger partial charge in [-0.1, -0.05) is 6.92 Å². The Kier molecular flexibility index (Phi) is 5.56. The predicted molar refractivity (Wildman–Crippen MR) is 70.4 cm³/mol. The number of nitrogens with two attached hydrogens (primary N) is 1. The molecule has 0 radical (unpaired) electrons. The largest absolute Gasteiger partial charge is 0.330 e. The van der Waals surface area contributed by atoms with Gasteiger partial charge in [0.25, 0.3) is 0 Å². The minimum Gasteiger partial charge on any atom is -0.330 e. The second-order valence-electron chi connectivity index (χ2n) is 4.15. The van der Waals surface area contributed by atoms with Gasteiger partial charge in [-0.3, -0.25) is 4.90 Å². The van der Waals surface area contributed by atoms with E-state index in [-0.39, 0.29) is 17.2 Å². The highest BCUT2D eigenvalue weighted by molar-refractivity contribution is 8.01. The van der Waals surface area contributed by atoms with E-state index in [0.717, 1.165) is 18.7 Å². The van der Waals surface area contributed by atoms with Gasteiger partial charge in [0.2, 0.25) is 0 Å². The summed E-state index contributed by atoms with van der Waals surface area (Å²) in [7, 11) is -2.97. The lowest BCUT2D eigenvalue weighted by molar-refractivity contribution is 0.197. The van der Waals surface area contributed by atoms with Crippen LogP contribution in [0, 0.1) is 0 Å². The van der Waals surface area contributed by atoms with Gasteiger partial charge in [-0.2, -0.15) is 11.8 Å². The standard InChI is InChI=1S/C10H22N2O2S2/c1-3-16(13,14)10-8-15-7-6-12(10)9(2)4-5-11/h9-10H,3-8,11H2,1-2H3. The highest BCUT2D eigenvalue weighted by Crippen LogP contribution is 2.24. The fourth-order valence-electron chi connectivity index (χ4n) is 2.01. The molecule has 6 heteroatoms. The molecule has 1 fully saturated rings. The van der Waals surface area contributed by atoms with Crippen LogP contribution in [0.5, 0.6) is 0 Å². The molecule has 0 aliphatic carbocycles. The van der Waals surface area contributed by atoms with Crippen LogP contribution in [0.4, 0.5) is 0 Å². The zero-order valence-electron chi connectivity index (χ0n) is 10.1. The SMILES string of the molecule is CCS(=O)(=O)C1CSCCN1C(C)CCN. The molecule has 0 spiro atoms. The molecular formula is C10H22N2O2S2. The second-order valence-corrected chi connectivity index (χ2v) is 7.74. The summed E-state index contributed by atoms with van der Waals surface area (Å²) in [6, 6.07) is 0.261. The van der Waals surface area contributed by atoms with E-state index in [4.69, 9.17) is 5.73 Å². The van der Waals surface area contributed by atoms with Crippen LogP contribution in [0.25, 0.3) is 0 Å². The molecule has 0 aromatic carbocycles. The maximum absolute atomic E-state index is 12.0. The Bertz CT molecular complexity index is 306. The molecule has 0 saturated carbocycles. The minimum absolute atomic E-state index is 0.226. The molecule has 1 aliphatic heterocycles. The van der Waals surface area contributed by atoms with Gasteiger partial charge in [-0.15, -0.1) is 0 Å². The van der Waals surface area contributed by atoms with Crippen molar-refractivity contribution in [1.82, 2.24) is 4.90 Å². The van der Waals surface area contributed by atoms with E-state index in [1.807, 2.05) is 0 Å². The van der Waals surface area contributed by atoms with E-state index < -0.39 is 9.84 Å². The van der Waals surface area contributed by atoms with E-state index in [0.29, 0.717) is 12.3 Å². The van der Waals surface area contributed by atoms with Crippen molar-refractivity contribution in [3.8, 4) is 0 Å². The lowest BCUT2D eigenvalue weighted by Gasteiger charge is -2.38. The Morgan fingerprint density at radius 3 is 2.81 bits per heavy atom.